The molecule has 1 spiro atoms. The van der Waals surface area contributed by atoms with Crippen LogP contribution in [0.1, 0.15) is 38.5 Å². The number of carbonyl (C=O) groups excluding carboxylic acids is 3. The number of amides is 3. The highest BCUT2D eigenvalue weighted by molar-refractivity contribution is 5.90. The minimum absolute atomic E-state index is 0.0621. The Balaban J connectivity index is 1.55. The lowest BCUT2D eigenvalue weighted by Crippen LogP contribution is -2.51. The van der Waals surface area contributed by atoms with E-state index >= 15 is 0 Å². The number of hydrogen-bond donors (Lipinski definition) is 4. The summed E-state index contributed by atoms with van der Waals surface area (Å²) in [6, 6.07) is -1.03. The van der Waals surface area contributed by atoms with Crippen molar-refractivity contribution >= 4 is 17.7 Å². The molecule has 3 atom stereocenters. The molecule has 0 radical (unpaired) electrons. The molecule has 1 saturated carbocycles. The predicted molar refractivity (Wildman–Crippen MR) is 79.6 cm³/mol. The van der Waals surface area contributed by atoms with Gasteiger partial charge in [-0.2, -0.15) is 0 Å². The van der Waals surface area contributed by atoms with E-state index in [0.29, 0.717) is 13.0 Å². The lowest BCUT2D eigenvalue weighted by molar-refractivity contribution is -0.130. The van der Waals surface area contributed by atoms with Crippen molar-refractivity contribution in [1.29, 1.82) is 0 Å². The zero-order valence-corrected chi connectivity index (χ0v) is 12.7. The third kappa shape index (κ3) is 2.95. The molecule has 1 unspecified atom stereocenters. The van der Waals surface area contributed by atoms with E-state index in [9.17, 15) is 14.4 Å². The zero-order chi connectivity index (χ0) is 15.7. The van der Waals surface area contributed by atoms with Crippen molar-refractivity contribution in [3.8, 4) is 0 Å². The SMILES string of the molecule is NC(=O)[C@H](C[C@@H]1CCNC1=O)NC(=O)C1CC2(CCC2)CN1. The minimum Gasteiger partial charge on any atom is -0.368 e. The van der Waals surface area contributed by atoms with E-state index in [1.165, 1.54) is 19.3 Å². The fourth-order valence-corrected chi connectivity index (χ4v) is 3.83. The third-order valence-electron chi connectivity index (χ3n) is 5.43. The van der Waals surface area contributed by atoms with E-state index in [1.54, 1.807) is 0 Å². The molecule has 7 nitrogen and oxygen atoms in total. The Kier molecular flexibility index (Phi) is 4.08. The summed E-state index contributed by atoms with van der Waals surface area (Å²) in [6.07, 6.45) is 5.37. The molecule has 22 heavy (non-hydrogen) atoms. The Labute approximate surface area is 129 Å². The maximum atomic E-state index is 12.4. The van der Waals surface area contributed by atoms with Gasteiger partial charge in [-0.1, -0.05) is 6.42 Å². The van der Waals surface area contributed by atoms with E-state index in [-0.39, 0.29) is 35.6 Å². The smallest absolute Gasteiger partial charge is 0.240 e. The van der Waals surface area contributed by atoms with Gasteiger partial charge in [-0.05, 0) is 37.5 Å². The number of rotatable bonds is 5. The molecule has 0 aromatic carbocycles. The van der Waals surface area contributed by atoms with Gasteiger partial charge in [0.2, 0.25) is 17.7 Å². The van der Waals surface area contributed by atoms with Crippen molar-refractivity contribution in [2.75, 3.05) is 13.1 Å². The second kappa shape index (κ2) is 5.87. The molecule has 3 amide bonds. The summed E-state index contributed by atoms with van der Waals surface area (Å²) in [5.74, 6) is -1.06. The first-order chi connectivity index (χ1) is 10.5. The Morgan fingerprint density at radius 3 is 2.68 bits per heavy atom. The number of primary amides is 1. The number of hydrogen-bond acceptors (Lipinski definition) is 4. The molecule has 2 heterocycles. The number of nitrogens with one attached hydrogen (secondary N) is 3. The average molecular weight is 308 g/mol. The monoisotopic (exact) mass is 308 g/mol. The van der Waals surface area contributed by atoms with Crippen LogP contribution < -0.4 is 21.7 Å². The van der Waals surface area contributed by atoms with Crippen LogP contribution >= 0.6 is 0 Å². The molecule has 0 aromatic rings. The third-order valence-corrected chi connectivity index (χ3v) is 5.43. The summed E-state index contributed by atoms with van der Waals surface area (Å²) in [6.45, 7) is 1.49. The summed E-state index contributed by atoms with van der Waals surface area (Å²) in [4.78, 5) is 35.6. The van der Waals surface area contributed by atoms with Gasteiger partial charge in [0.1, 0.15) is 6.04 Å². The highest BCUT2D eigenvalue weighted by Gasteiger charge is 2.45. The molecule has 2 aliphatic heterocycles. The summed E-state index contributed by atoms with van der Waals surface area (Å²) in [5, 5.41) is 8.72. The Morgan fingerprint density at radius 1 is 1.41 bits per heavy atom. The fourth-order valence-electron chi connectivity index (χ4n) is 3.83. The number of nitrogens with two attached hydrogens (primary N) is 1. The molecule has 5 N–H and O–H groups in total. The van der Waals surface area contributed by atoms with Crippen LogP contribution in [0.2, 0.25) is 0 Å². The van der Waals surface area contributed by atoms with E-state index in [2.05, 4.69) is 16.0 Å². The lowest BCUT2D eigenvalue weighted by Gasteiger charge is -2.37. The highest BCUT2D eigenvalue weighted by Crippen LogP contribution is 2.47. The lowest BCUT2D eigenvalue weighted by atomic mass is 9.67. The normalized spacial score (nSPS) is 30.6. The zero-order valence-electron chi connectivity index (χ0n) is 12.7. The van der Waals surface area contributed by atoms with Crippen LogP contribution in [0.15, 0.2) is 0 Å². The molecule has 2 saturated heterocycles. The second-order valence-electron chi connectivity index (χ2n) is 6.97. The van der Waals surface area contributed by atoms with Crippen molar-refractivity contribution in [2.24, 2.45) is 17.1 Å². The summed E-state index contributed by atoms with van der Waals surface area (Å²) < 4.78 is 0. The largest absolute Gasteiger partial charge is 0.368 e. The van der Waals surface area contributed by atoms with Crippen LogP contribution in [0.4, 0.5) is 0 Å². The van der Waals surface area contributed by atoms with Crippen LogP contribution in [0.25, 0.3) is 0 Å². The molecule has 0 bridgehead atoms. The minimum atomic E-state index is -0.777. The molecule has 7 heteroatoms. The maximum absolute atomic E-state index is 12.4. The average Bonchev–Trinajstić information content (AvgIpc) is 3.04. The van der Waals surface area contributed by atoms with E-state index < -0.39 is 11.9 Å². The first-order valence-corrected chi connectivity index (χ1v) is 8.10. The van der Waals surface area contributed by atoms with Gasteiger partial charge in [-0.25, -0.2) is 0 Å². The second-order valence-corrected chi connectivity index (χ2v) is 6.97. The molecule has 1 aliphatic carbocycles. The van der Waals surface area contributed by atoms with Gasteiger partial charge in [0.05, 0.1) is 6.04 Å². The van der Waals surface area contributed by atoms with Crippen LogP contribution in [0, 0.1) is 11.3 Å². The maximum Gasteiger partial charge on any atom is 0.240 e. The summed E-state index contributed by atoms with van der Waals surface area (Å²) in [5.41, 5.74) is 5.68. The topological polar surface area (TPSA) is 113 Å². The molecule has 3 fully saturated rings. The fraction of sp³-hybridized carbons (Fsp3) is 0.800. The van der Waals surface area contributed by atoms with Gasteiger partial charge in [-0.3, -0.25) is 14.4 Å². The first-order valence-electron chi connectivity index (χ1n) is 8.10. The van der Waals surface area contributed by atoms with Gasteiger partial charge >= 0.3 is 0 Å². The van der Waals surface area contributed by atoms with Gasteiger partial charge in [0.25, 0.3) is 0 Å². The van der Waals surface area contributed by atoms with Crippen molar-refractivity contribution in [1.82, 2.24) is 16.0 Å². The highest BCUT2D eigenvalue weighted by atomic mass is 16.2. The van der Waals surface area contributed by atoms with E-state index in [0.717, 1.165) is 13.0 Å². The summed E-state index contributed by atoms with van der Waals surface area (Å²) >= 11 is 0. The first kappa shape index (κ1) is 15.3. The van der Waals surface area contributed by atoms with Gasteiger partial charge in [0, 0.05) is 19.0 Å². The van der Waals surface area contributed by atoms with E-state index in [1.807, 2.05) is 0 Å². The molecule has 3 aliphatic rings. The van der Waals surface area contributed by atoms with Gasteiger partial charge in [0.15, 0.2) is 0 Å². The quantitative estimate of drug-likeness (QED) is 0.522. The molecular formula is C15H24N4O3. The molecule has 122 valence electrons. The standard InChI is InChI=1S/C15H24N4O3/c16-12(20)10(6-9-2-5-17-13(9)21)19-14(22)11-7-15(8-18-11)3-1-4-15/h9-11,18H,1-8H2,(H2,16,20)(H,17,21)(H,19,22)/t9-,10-,11?/m0/s1. The van der Waals surface area contributed by atoms with Crippen molar-refractivity contribution in [3.63, 3.8) is 0 Å². The van der Waals surface area contributed by atoms with Crippen LogP contribution in [-0.4, -0.2) is 42.9 Å². The Bertz CT molecular complexity index is 489. The van der Waals surface area contributed by atoms with E-state index in [4.69, 9.17) is 5.73 Å². The van der Waals surface area contributed by atoms with Crippen LogP contribution in [0.5, 0.6) is 0 Å². The van der Waals surface area contributed by atoms with Gasteiger partial charge < -0.3 is 21.7 Å². The van der Waals surface area contributed by atoms with Crippen molar-refractivity contribution in [3.05, 3.63) is 0 Å². The van der Waals surface area contributed by atoms with Crippen molar-refractivity contribution < 1.29 is 14.4 Å². The summed E-state index contributed by atoms with van der Waals surface area (Å²) in [7, 11) is 0. The predicted octanol–water partition coefficient (Wildman–Crippen LogP) is -0.985. The number of carbonyl (C=O) groups is 3. The van der Waals surface area contributed by atoms with Crippen LogP contribution in [-0.2, 0) is 14.4 Å². The molecular weight excluding hydrogens is 284 g/mol. The molecule has 0 aromatic heterocycles. The Morgan fingerprint density at radius 2 is 2.18 bits per heavy atom. The van der Waals surface area contributed by atoms with Crippen LogP contribution in [0.3, 0.4) is 0 Å². The van der Waals surface area contributed by atoms with Crippen molar-refractivity contribution in [2.45, 2.75) is 50.6 Å². The van der Waals surface area contributed by atoms with Gasteiger partial charge in [-0.15, -0.1) is 0 Å². The Hall–Kier alpha value is -1.63. The molecule has 3 rings (SSSR count).